The highest BCUT2D eigenvalue weighted by Crippen LogP contribution is 2.18. The zero-order chi connectivity index (χ0) is 17.2. The highest BCUT2D eigenvalue weighted by molar-refractivity contribution is 5.81. The lowest BCUT2D eigenvalue weighted by atomic mass is 9.98. The van der Waals surface area contributed by atoms with Crippen LogP contribution in [0.25, 0.3) is 0 Å². The predicted molar refractivity (Wildman–Crippen MR) is 95.0 cm³/mol. The summed E-state index contributed by atoms with van der Waals surface area (Å²) in [4.78, 5) is 19.0. The van der Waals surface area contributed by atoms with Crippen molar-refractivity contribution >= 4 is 11.9 Å². The third kappa shape index (κ3) is 5.82. The maximum absolute atomic E-state index is 12.0. The molecule has 0 aromatic rings. The van der Waals surface area contributed by atoms with Gasteiger partial charge >= 0.3 is 5.97 Å². The first kappa shape index (κ1) is 18.8. The van der Waals surface area contributed by atoms with Crippen LogP contribution in [-0.4, -0.2) is 62.8 Å². The topological polar surface area (TPSA) is 63.2 Å². The van der Waals surface area contributed by atoms with Gasteiger partial charge in [0.05, 0.1) is 25.7 Å². The van der Waals surface area contributed by atoms with E-state index in [1.165, 1.54) is 5.57 Å². The summed E-state index contributed by atoms with van der Waals surface area (Å²) in [5.41, 5.74) is 1.43. The number of carbonyl (C=O) groups excluding carboxylic acids is 1. The Morgan fingerprint density at radius 2 is 2.38 bits per heavy atom. The summed E-state index contributed by atoms with van der Waals surface area (Å²) < 4.78 is 10.5. The number of guanidine groups is 1. The third-order valence-electron chi connectivity index (χ3n) is 4.43. The Labute approximate surface area is 145 Å². The molecular weight excluding hydrogens is 306 g/mol. The van der Waals surface area contributed by atoms with E-state index in [4.69, 9.17) is 14.5 Å². The SMILES string of the molecule is CCNC(=NCCC1=CCOCC1)N1CCCC(C(=O)OCC)C1. The Morgan fingerprint density at radius 1 is 1.50 bits per heavy atom. The summed E-state index contributed by atoms with van der Waals surface area (Å²) >= 11 is 0. The van der Waals surface area contributed by atoms with Gasteiger partial charge in [0.2, 0.25) is 0 Å². The van der Waals surface area contributed by atoms with Crippen molar-refractivity contribution in [2.75, 3.05) is 46.0 Å². The van der Waals surface area contributed by atoms with Crippen molar-refractivity contribution in [1.82, 2.24) is 10.2 Å². The number of piperidine rings is 1. The molecule has 0 aliphatic carbocycles. The van der Waals surface area contributed by atoms with Crippen molar-refractivity contribution in [2.24, 2.45) is 10.9 Å². The molecule has 2 rings (SSSR count). The number of esters is 1. The molecule has 0 bridgehead atoms. The number of carbonyl (C=O) groups is 1. The molecule has 0 saturated carbocycles. The molecule has 0 aromatic carbocycles. The number of hydrogen-bond donors (Lipinski definition) is 1. The summed E-state index contributed by atoms with van der Waals surface area (Å²) in [7, 11) is 0. The molecule has 1 saturated heterocycles. The molecule has 2 aliphatic heterocycles. The van der Waals surface area contributed by atoms with Gasteiger partial charge in [-0.05, 0) is 39.5 Å². The second-order valence-corrected chi connectivity index (χ2v) is 6.21. The highest BCUT2D eigenvalue weighted by atomic mass is 16.5. The number of hydrogen-bond acceptors (Lipinski definition) is 4. The molecule has 0 radical (unpaired) electrons. The van der Waals surface area contributed by atoms with Crippen molar-refractivity contribution in [3.63, 3.8) is 0 Å². The molecule has 0 spiro atoms. The Kier molecular flexibility index (Phi) is 8.08. The fourth-order valence-corrected chi connectivity index (χ4v) is 3.15. The standard InChI is InChI=1S/C18H31N3O3/c1-3-19-18(20-10-7-15-8-12-23-13-9-15)21-11-5-6-16(14-21)17(22)24-4-2/h8,16H,3-7,9-14H2,1-2H3,(H,19,20). The maximum Gasteiger partial charge on any atom is 0.310 e. The van der Waals surface area contributed by atoms with Crippen LogP contribution in [0.2, 0.25) is 0 Å². The van der Waals surface area contributed by atoms with E-state index in [9.17, 15) is 4.79 Å². The second-order valence-electron chi connectivity index (χ2n) is 6.21. The van der Waals surface area contributed by atoms with Crippen molar-refractivity contribution < 1.29 is 14.3 Å². The van der Waals surface area contributed by atoms with Crippen LogP contribution in [0.15, 0.2) is 16.6 Å². The Balaban J connectivity index is 1.91. The zero-order valence-electron chi connectivity index (χ0n) is 15.1. The molecule has 2 aliphatic rings. The molecule has 2 heterocycles. The van der Waals surface area contributed by atoms with Crippen LogP contribution in [0.4, 0.5) is 0 Å². The summed E-state index contributed by atoms with van der Waals surface area (Å²) in [5.74, 6) is 0.797. The van der Waals surface area contributed by atoms with Crippen LogP contribution >= 0.6 is 0 Å². The van der Waals surface area contributed by atoms with Gasteiger partial charge in [-0.15, -0.1) is 0 Å². The van der Waals surface area contributed by atoms with Crippen molar-refractivity contribution in [3.8, 4) is 0 Å². The molecule has 6 nitrogen and oxygen atoms in total. The van der Waals surface area contributed by atoms with Gasteiger partial charge in [-0.3, -0.25) is 9.79 Å². The summed E-state index contributed by atoms with van der Waals surface area (Å²) in [5, 5.41) is 3.36. The van der Waals surface area contributed by atoms with Crippen LogP contribution in [0.1, 0.15) is 39.5 Å². The largest absolute Gasteiger partial charge is 0.466 e. The summed E-state index contributed by atoms with van der Waals surface area (Å²) in [6.07, 6.45) is 6.07. The lowest BCUT2D eigenvalue weighted by Gasteiger charge is -2.34. The van der Waals surface area contributed by atoms with Gasteiger partial charge in [-0.25, -0.2) is 0 Å². The van der Waals surface area contributed by atoms with Crippen molar-refractivity contribution in [1.29, 1.82) is 0 Å². The van der Waals surface area contributed by atoms with Gasteiger partial charge in [-0.1, -0.05) is 11.6 Å². The number of rotatable bonds is 6. The van der Waals surface area contributed by atoms with Gasteiger partial charge in [0.1, 0.15) is 0 Å². The quantitative estimate of drug-likeness (QED) is 0.347. The average molecular weight is 337 g/mol. The van der Waals surface area contributed by atoms with E-state index in [2.05, 4.69) is 23.2 Å². The fraction of sp³-hybridized carbons (Fsp3) is 0.778. The molecular formula is C18H31N3O3. The Morgan fingerprint density at radius 3 is 3.08 bits per heavy atom. The van der Waals surface area contributed by atoms with E-state index in [0.29, 0.717) is 13.2 Å². The minimum atomic E-state index is -0.0783. The first-order chi connectivity index (χ1) is 11.7. The van der Waals surface area contributed by atoms with Gasteiger partial charge in [-0.2, -0.15) is 0 Å². The molecule has 1 N–H and O–H groups in total. The van der Waals surface area contributed by atoms with Gasteiger partial charge in [0.25, 0.3) is 0 Å². The minimum absolute atomic E-state index is 0.0410. The van der Waals surface area contributed by atoms with Crippen LogP contribution in [-0.2, 0) is 14.3 Å². The molecule has 1 unspecified atom stereocenters. The van der Waals surface area contributed by atoms with Gasteiger partial charge < -0.3 is 19.7 Å². The number of nitrogens with one attached hydrogen (secondary N) is 1. The Bertz CT molecular complexity index is 462. The molecule has 6 heteroatoms. The second kappa shape index (κ2) is 10.3. The summed E-state index contributed by atoms with van der Waals surface area (Å²) in [6, 6.07) is 0. The molecule has 1 fully saturated rings. The van der Waals surface area contributed by atoms with Crippen LogP contribution in [0.3, 0.4) is 0 Å². The van der Waals surface area contributed by atoms with E-state index in [0.717, 1.165) is 64.5 Å². The van der Waals surface area contributed by atoms with E-state index >= 15 is 0 Å². The van der Waals surface area contributed by atoms with Crippen molar-refractivity contribution in [3.05, 3.63) is 11.6 Å². The smallest absolute Gasteiger partial charge is 0.310 e. The normalized spacial score (nSPS) is 22.1. The predicted octanol–water partition coefficient (Wildman–Crippen LogP) is 1.96. The number of nitrogens with zero attached hydrogens (tertiary/aromatic N) is 2. The molecule has 1 atom stereocenters. The van der Waals surface area contributed by atoms with E-state index in [1.807, 2.05) is 6.92 Å². The first-order valence-electron chi connectivity index (χ1n) is 9.20. The number of likely N-dealkylation sites (tertiary alicyclic amines) is 1. The average Bonchev–Trinajstić information content (AvgIpc) is 2.62. The molecule has 136 valence electrons. The number of aliphatic imine (C=N–C) groups is 1. The molecule has 0 amide bonds. The fourth-order valence-electron chi connectivity index (χ4n) is 3.15. The van der Waals surface area contributed by atoms with Crippen LogP contribution in [0.5, 0.6) is 0 Å². The van der Waals surface area contributed by atoms with Crippen LogP contribution < -0.4 is 5.32 Å². The van der Waals surface area contributed by atoms with Crippen LogP contribution in [0, 0.1) is 5.92 Å². The Hall–Kier alpha value is -1.56. The third-order valence-corrected chi connectivity index (χ3v) is 4.43. The van der Waals surface area contributed by atoms with Gasteiger partial charge in [0, 0.05) is 26.2 Å². The monoisotopic (exact) mass is 337 g/mol. The minimum Gasteiger partial charge on any atom is -0.466 e. The van der Waals surface area contributed by atoms with E-state index in [-0.39, 0.29) is 11.9 Å². The highest BCUT2D eigenvalue weighted by Gasteiger charge is 2.28. The van der Waals surface area contributed by atoms with E-state index < -0.39 is 0 Å². The number of ether oxygens (including phenoxy) is 2. The lowest BCUT2D eigenvalue weighted by molar-refractivity contribution is -0.149. The van der Waals surface area contributed by atoms with Crippen molar-refractivity contribution in [2.45, 2.75) is 39.5 Å². The maximum atomic E-state index is 12.0. The van der Waals surface area contributed by atoms with E-state index in [1.54, 1.807) is 0 Å². The van der Waals surface area contributed by atoms with Gasteiger partial charge in [0.15, 0.2) is 5.96 Å². The zero-order valence-corrected chi connectivity index (χ0v) is 15.1. The first-order valence-corrected chi connectivity index (χ1v) is 9.20. The lowest BCUT2D eigenvalue weighted by Crippen LogP contribution is -2.48. The summed E-state index contributed by atoms with van der Waals surface area (Å²) in [6.45, 7) is 9.17. The molecule has 0 aromatic heterocycles. The molecule has 24 heavy (non-hydrogen) atoms.